The van der Waals surface area contributed by atoms with E-state index in [0.29, 0.717) is 0 Å². The van der Waals surface area contributed by atoms with Crippen molar-refractivity contribution in [2.75, 3.05) is 26.2 Å². The number of hydrogen-bond acceptors (Lipinski definition) is 3. The Morgan fingerprint density at radius 3 is 2.37 bits per heavy atom. The second-order valence-electron chi connectivity index (χ2n) is 4.41. The zero-order valence-electron chi connectivity index (χ0n) is 10.7. The summed E-state index contributed by atoms with van der Waals surface area (Å²) in [6.45, 7) is 4.90. The molecular formula is C14H18F2N2O. The SMILES string of the molecule is C=C[C@H](c1ccc(OC(F)F)cc1)N1CCNCC1. The molecule has 0 unspecified atom stereocenters. The zero-order valence-corrected chi connectivity index (χ0v) is 10.7. The quantitative estimate of drug-likeness (QED) is 0.830. The lowest BCUT2D eigenvalue weighted by molar-refractivity contribution is -0.0498. The van der Waals surface area contributed by atoms with Crippen molar-refractivity contribution in [3.63, 3.8) is 0 Å². The van der Waals surface area contributed by atoms with Gasteiger partial charge in [-0.2, -0.15) is 8.78 Å². The topological polar surface area (TPSA) is 24.5 Å². The van der Waals surface area contributed by atoms with Gasteiger partial charge in [-0.05, 0) is 17.7 Å². The highest BCUT2D eigenvalue weighted by Gasteiger charge is 2.19. The minimum Gasteiger partial charge on any atom is -0.435 e. The highest BCUT2D eigenvalue weighted by Crippen LogP contribution is 2.24. The highest BCUT2D eigenvalue weighted by molar-refractivity contribution is 5.31. The number of halogens is 2. The molecule has 5 heteroatoms. The molecule has 1 atom stereocenters. The number of piperazine rings is 1. The molecule has 0 radical (unpaired) electrons. The summed E-state index contributed by atoms with van der Waals surface area (Å²) in [6, 6.07) is 6.88. The summed E-state index contributed by atoms with van der Waals surface area (Å²) in [5, 5.41) is 3.30. The van der Waals surface area contributed by atoms with Gasteiger partial charge in [0.15, 0.2) is 0 Å². The van der Waals surface area contributed by atoms with Gasteiger partial charge in [-0.3, -0.25) is 4.90 Å². The molecule has 0 spiro atoms. The van der Waals surface area contributed by atoms with Crippen molar-refractivity contribution in [1.29, 1.82) is 0 Å². The van der Waals surface area contributed by atoms with Gasteiger partial charge >= 0.3 is 6.61 Å². The van der Waals surface area contributed by atoms with Crippen LogP contribution in [0.5, 0.6) is 5.75 Å². The van der Waals surface area contributed by atoms with Gasteiger partial charge in [-0.25, -0.2) is 0 Å². The smallest absolute Gasteiger partial charge is 0.387 e. The fourth-order valence-electron chi connectivity index (χ4n) is 2.30. The monoisotopic (exact) mass is 268 g/mol. The number of benzene rings is 1. The molecule has 1 N–H and O–H groups in total. The Labute approximate surface area is 111 Å². The standard InChI is InChI=1S/C14H18F2N2O/c1-2-13(18-9-7-17-8-10-18)11-3-5-12(6-4-11)19-14(15)16/h2-6,13-14,17H,1,7-10H2/t13-/m1/s1. The summed E-state index contributed by atoms with van der Waals surface area (Å²) in [4.78, 5) is 2.31. The first kappa shape index (κ1) is 14.0. The van der Waals surface area contributed by atoms with Crippen LogP contribution in [0.2, 0.25) is 0 Å². The van der Waals surface area contributed by atoms with Crippen molar-refractivity contribution in [1.82, 2.24) is 10.2 Å². The summed E-state index contributed by atoms with van der Waals surface area (Å²) in [5.74, 6) is 0.182. The Hall–Kier alpha value is -1.46. The Morgan fingerprint density at radius 2 is 1.84 bits per heavy atom. The summed E-state index contributed by atoms with van der Waals surface area (Å²) >= 11 is 0. The Bertz CT molecular complexity index is 402. The van der Waals surface area contributed by atoms with Gasteiger partial charge in [0.1, 0.15) is 5.75 Å². The molecule has 0 saturated carbocycles. The molecule has 3 nitrogen and oxygen atoms in total. The van der Waals surface area contributed by atoms with Crippen LogP contribution < -0.4 is 10.1 Å². The number of ether oxygens (including phenoxy) is 1. The lowest BCUT2D eigenvalue weighted by atomic mass is 10.0. The van der Waals surface area contributed by atoms with Crippen molar-refractivity contribution >= 4 is 0 Å². The normalized spacial score (nSPS) is 18.3. The second-order valence-corrected chi connectivity index (χ2v) is 4.41. The number of hydrogen-bond donors (Lipinski definition) is 1. The third-order valence-electron chi connectivity index (χ3n) is 3.22. The van der Waals surface area contributed by atoms with Crippen LogP contribution >= 0.6 is 0 Å². The van der Waals surface area contributed by atoms with E-state index in [9.17, 15) is 8.78 Å². The Kier molecular flexibility index (Phi) is 4.87. The predicted octanol–water partition coefficient (Wildman–Crippen LogP) is 2.42. The third kappa shape index (κ3) is 3.75. The summed E-state index contributed by atoms with van der Waals surface area (Å²) in [6.07, 6.45) is 1.88. The second kappa shape index (κ2) is 6.63. The largest absolute Gasteiger partial charge is 0.435 e. The van der Waals surface area contributed by atoms with Gasteiger partial charge in [0.25, 0.3) is 0 Å². The number of nitrogens with one attached hydrogen (secondary N) is 1. The van der Waals surface area contributed by atoms with Gasteiger partial charge in [0, 0.05) is 26.2 Å². The van der Waals surface area contributed by atoms with E-state index in [2.05, 4.69) is 21.5 Å². The van der Waals surface area contributed by atoms with E-state index < -0.39 is 6.61 Å². The van der Waals surface area contributed by atoms with Crippen LogP contribution in [0, 0.1) is 0 Å². The lowest BCUT2D eigenvalue weighted by Crippen LogP contribution is -2.44. The van der Waals surface area contributed by atoms with Gasteiger partial charge < -0.3 is 10.1 Å². The Balaban J connectivity index is 2.07. The minimum absolute atomic E-state index is 0.114. The van der Waals surface area contributed by atoms with Crippen LogP contribution in [-0.4, -0.2) is 37.7 Å². The first-order valence-electron chi connectivity index (χ1n) is 6.33. The molecule has 1 fully saturated rings. The highest BCUT2D eigenvalue weighted by atomic mass is 19.3. The van der Waals surface area contributed by atoms with E-state index in [0.717, 1.165) is 31.7 Å². The van der Waals surface area contributed by atoms with Gasteiger partial charge in [0.05, 0.1) is 6.04 Å². The maximum Gasteiger partial charge on any atom is 0.387 e. The summed E-state index contributed by atoms with van der Waals surface area (Å²) in [7, 11) is 0. The molecule has 2 rings (SSSR count). The first-order chi connectivity index (χ1) is 9.20. The molecule has 1 heterocycles. The number of nitrogens with zero attached hydrogens (tertiary/aromatic N) is 1. The van der Waals surface area contributed by atoms with Crippen molar-refractivity contribution in [2.24, 2.45) is 0 Å². The molecule has 1 aromatic rings. The summed E-state index contributed by atoms with van der Waals surface area (Å²) < 4.78 is 28.5. The molecule has 0 bridgehead atoms. The van der Waals surface area contributed by atoms with Gasteiger partial charge in [-0.15, -0.1) is 6.58 Å². The van der Waals surface area contributed by atoms with E-state index >= 15 is 0 Å². The van der Waals surface area contributed by atoms with E-state index in [1.54, 1.807) is 12.1 Å². The molecular weight excluding hydrogens is 250 g/mol. The maximum atomic E-state index is 12.1. The van der Waals surface area contributed by atoms with Crippen LogP contribution in [0.25, 0.3) is 0 Å². The number of rotatable bonds is 5. The van der Waals surface area contributed by atoms with Gasteiger partial charge in [0.2, 0.25) is 0 Å². The van der Waals surface area contributed by atoms with E-state index in [4.69, 9.17) is 0 Å². The third-order valence-corrected chi connectivity index (χ3v) is 3.22. The van der Waals surface area contributed by atoms with E-state index in [1.807, 2.05) is 18.2 Å². The van der Waals surface area contributed by atoms with Crippen molar-refractivity contribution in [3.8, 4) is 5.75 Å². The molecule has 0 aliphatic carbocycles. The first-order valence-corrected chi connectivity index (χ1v) is 6.33. The van der Waals surface area contributed by atoms with Crippen LogP contribution in [-0.2, 0) is 0 Å². The molecule has 1 saturated heterocycles. The maximum absolute atomic E-state index is 12.1. The van der Waals surface area contributed by atoms with Crippen LogP contribution in [0.1, 0.15) is 11.6 Å². The average Bonchev–Trinajstić information content (AvgIpc) is 2.42. The minimum atomic E-state index is -2.78. The van der Waals surface area contributed by atoms with E-state index in [1.165, 1.54) is 0 Å². The Morgan fingerprint density at radius 1 is 1.21 bits per heavy atom. The fourth-order valence-corrected chi connectivity index (χ4v) is 2.30. The molecule has 1 aliphatic heterocycles. The van der Waals surface area contributed by atoms with Crippen molar-refractivity contribution in [3.05, 3.63) is 42.5 Å². The zero-order chi connectivity index (χ0) is 13.7. The van der Waals surface area contributed by atoms with Crippen LogP contribution in [0.3, 0.4) is 0 Å². The van der Waals surface area contributed by atoms with Crippen molar-refractivity contribution < 1.29 is 13.5 Å². The molecule has 1 aliphatic rings. The average molecular weight is 268 g/mol. The number of alkyl halides is 2. The molecule has 1 aromatic carbocycles. The molecule has 19 heavy (non-hydrogen) atoms. The molecule has 0 aromatic heterocycles. The molecule has 0 amide bonds. The van der Waals surface area contributed by atoms with Gasteiger partial charge in [-0.1, -0.05) is 18.2 Å². The summed E-state index contributed by atoms with van der Waals surface area (Å²) in [5.41, 5.74) is 1.04. The van der Waals surface area contributed by atoms with E-state index in [-0.39, 0.29) is 11.8 Å². The van der Waals surface area contributed by atoms with Crippen LogP contribution in [0.4, 0.5) is 8.78 Å². The predicted molar refractivity (Wildman–Crippen MR) is 70.5 cm³/mol. The van der Waals surface area contributed by atoms with Crippen LogP contribution in [0.15, 0.2) is 36.9 Å². The molecule has 104 valence electrons. The lowest BCUT2D eigenvalue weighted by Gasteiger charge is -2.33. The fraction of sp³-hybridized carbons (Fsp3) is 0.429. The van der Waals surface area contributed by atoms with Crippen molar-refractivity contribution in [2.45, 2.75) is 12.7 Å².